The Morgan fingerprint density at radius 1 is 1.00 bits per heavy atom. The van der Waals surface area contributed by atoms with Crippen molar-refractivity contribution in [3.63, 3.8) is 0 Å². The molecule has 5 atom stereocenters. The lowest BCUT2D eigenvalue weighted by atomic mass is 9.97. The number of amides is 2. The SMILES string of the molecule is CCOC(C)C(=O)C(CC(C)C)NC(=O)C(CCS(C)=O)NC(=O)C(N)C(C)C. The molecule has 0 rings (SSSR count). The second kappa shape index (κ2) is 13.8. The van der Waals surface area contributed by atoms with Crippen LogP contribution in [0.2, 0.25) is 0 Å². The first-order chi connectivity index (χ1) is 13.4. The van der Waals surface area contributed by atoms with Crippen molar-refractivity contribution in [2.24, 2.45) is 17.6 Å². The molecule has 29 heavy (non-hydrogen) atoms. The van der Waals surface area contributed by atoms with Crippen LogP contribution in [-0.2, 0) is 29.9 Å². The molecule has 0 fully saturated rings. The number of rotatable bonds is 14. The first kappa shape index (κ1) is 27.7. The Kier molecular flexibility index (Phi) is 13.2. The smallest absolute Gasteiger partial charge is 0.243 e. The van der Waals surface area contributed by atoms with Gasteiger partial charge in [-0.1, -0.05) is 27.7 Å². The van der Waals surface area contributed by atoms with Crippen LogP contribution in [0.4, 0.5) is 0 Å². The van der Waals surface area contributed by atoms with Crippen molar-refractivity contribution in [2.75, 3.05) is 18.6 Å². The Bertz CT molecular complexity index is 568. The van der Waals surface area contributed by atoms with E-state index >= 15 is 0 Å². The average molecular weight is 434 g/mol. The minimum absolute atomic E-state index is 0.0960. The molecule has 0 aliphatic rings. The van der Waals surface area contributed by atoms with Crippen LogP contribution in [0.5, 0.6) is 0 Å². The predicted octanol–water partition coefficient (Wildman–Crippen LogP) is 0.748. The molecule has 170 valence electrons. The molecule has 8 nitrogen and oxygen atoms in total. The fourth-order valence-electron chi connectivity index (χ4n) is 2.73. The van der Waals surface area contributed by atoms with Gasteiger partial charge in [-0.2, -0.15) is 0 Å². The third-order valence-electron chi connectivity index (χ3n) is 4.53. The van der Waals surface area contributed by atoms with Gasteiger partial charge in [0.2, 0.25) is 11.8 Å². The van der Waals surface area contributed by atoms with Gasteiger partial charge in [-0.3, -0.25) is 18.6 Å². The lowest BCUT2D eigenvalue weighted by Gasteiger charge is -2.26. The summed E-state index contributed by atoms with van der Waals surface area (Å²) >= 11 is 0. The Labute approximate surface area is 177 Å². The van der Waals surface area contributed by atoms with E-state index in [9.17, 15) is 18.6 Å². The van der Waals surface area contributed by atoms with E-state index in [4.69, 9.17) is 10.5 Å². The third-order valence-corrected chi connectivity index (χ3v) is 5.34. The van der Waals surface area contributed by atoms with Gasteiger partial charge in [0.1, 0.15) is 12.1 Å². The summed E-state index contributed by atoms with van der Waals surface area (Å²) in [6, 6.07) is -2.40. The topological polar surface area (TPSA) is 128 Å². The molecule has 0 bridgehead atoms. The summed E-state index contributed by atoms with van der Waals surface area (Å²) in [6.07, 6.45) is 1.53. The lowest BCUT2D eigenvalue weighted by molar-refractivity contribution is -0.136. The van der Waals surface area contributed by atoms with Crippen molar-refractivity contribution in [2.45, 2.75) is 78.6 Å². The minimum atomic E-state index is -1.13. The summed E-state index contributed by atoms with van der Waals surface area (Å²) in [6.45, 7) is 11.4. The number of ether oxygens (including phenoxy) is 1. The van der Waals surface area contributed by atoms with E-state index in [0.29, 0.717) is 13.0 Å². The zero-order valence-electron chi connectivity index (χ0n) is 18.8. The number of hydrogen-bond acceptors (Lipinski definition) is 6. The summed E-state index contributed by atoms with van der Waals surface area (Å²) in [4.78, 5) is 38.0. The lowest BCUT2D eigenvalue weighted by Crippen LogP contribution is -2.56. The number of hydrogen-bond donors (Lipinski definition) is 3. The average Bonchev–Trinajstić information content (AvgIpc) is 2.62. The molecule has 0 radical (unpaired) electrons. The van der Waals surface area contributed by atoms with Crippen LogP contribution in [-0.4, -0.2) is 64.7 Å². The number of Topliss-reactive ketones (excluding diaryl/α,β-unsaturated/α-hetero) is 1. The van der Waals surface area contributed by atoms with Gasteiger partial charge in [0.15, 0.2) is 5.78 Å². The molecule has 5 unspecified atom stereocenters. The highest BCUT2D eigenvalue weighted by atomic mass is 32.2. The monoisotopic (exact) mass is 433 g/mol. The van der Waals surface area contributed by atoms with Crippen LogP contribution in [0.25, 0.3) is 0 Å². The standard InChI is InChI=1S/C20H39N3O5S/c1-8-28-14(6)18(24)16(11-12(2)3)23-19(25)15(9-10-29(7)27)22-20(26)17(21)13(4)5/h12-17H,8-11,21H2,1-7H3,(H,22,26)(H,23,25). The zero-order chi connectivity index (χ0) is 22.7. The predicted molar refractivity (Wildman–Crippen MR) is 116 cm³/mol. The summed E-state index contributed by atoms with van der Waals surface area (Å²) in [5.41, 5.74) is 5.88. The van der Waals surface area contributed by atoms with Crippen molar-refractivity contribution in [3.8, 4) is 0 Å². The van der Waals surface area contributed by atoms with E-state index < -0.39 is 46.8 Å². The largest absolute Gasteiger partial charge is 0.371 e. The van der Waals surface area contributed by atoms with Gasteiger partial charge in [-0.25, -0.2) is 0 Å². The highest BCUT2D eigenvalue weighted by Gasteiger charge is 2.31. The fourth-order valence-corrected chi connectivity index (χ4v) is 3.30. The second-order valence-corrected chi connectivity index (χ2v) is 9.64. The highest BCUT2D eigenvalue weighted by Crippen LogP contribution is 2.10. The Balaban J connectivity index is 5.39. The van der Waals surface area contributed by atoms with Crippen LogP contribution in [0.1, 0.15) is 54.4 Å². The number of nitrogens with one attached hydrogen (secondary N) is 2. The highest BCUT2D eigenvalue weighted by molar-refractivity contribution is 7.84. The molecule has 0 spiro atoms. The van der Waals surface area contributed by atoms with E-state index in [2.05, 4.69) is 10.6 Å². The van der Waals surface area contributed by atoms with E-state index in [1.165, 1.54) is 6.26 Å². The van der Waals surface area contributed by atoms with Gasteiger partial charge in [0.25, 0.3) is 0 Å². The third kappa shape index (κ3) is 10.9. The first-order valence-corrected chi connectivity index (χ1v) is 11.9. The molecule has 0 aromatic heterocycles. The van der Waals surface area contributed by atoms with Crippen LogP contribution < -0.4 is 16.4 Å². The van der Waals surface area contributed by atoms with Crippen LogP contribution in [0.3, 0.4) is 0 Å². The number of carbonyl (C=O) groups excluding carboxylic acids is 3. The summed E-state index contributed by atoms with van der Waals surface area (Å²) in [7, 11) is -1.13. The van der Waals surface area contributed by atoms with Crippen molar-refractivity contribution >= 4 is 28.4 Å². The maximum atomic E-state index is 12.9. The molecule has 0 aliphatic carbocycles. The quantitative estimate of drug-likeness (QED) is 0.371. The van der Waals surface area contributed by atoms with Gasteiger partial charge in [-0.05, 0) is 38.5 Å². The van der Waals surface area contributed by atoms with Gasteiger partial charge in [0, 0.05) is 29.4 Å². The molecule has 4 N–H and O–H groups in total. The first-order valence-electron chi connectivity index (χ1n) is 10.2. The summed E-state index contributed by atoms with van der Waals surface area (Å²) in [5.74, 6) is -0.825. The molecule has 0 saturated carbocycles. The number of carbonyl (C=O) groups is 3. The normalized spacial score (nSPS) is 16.8. The molecular weight excluding hydrogens is 394 g/mol. The molecule has 9 heteroatoms. The number of ketones is 1. The van der Waals surface area contributed by atoms with E-state index in [-0.39, 0.29) is 29.8 Å². The Hall–Kier alpha value is -1.32. The second-order valence-electron chi connectivity index (χ2n) is 8.09. The van der Waals surface area contributed by atoms with Crippen molar-refractivity contribution in [1.29, 1.82) is 0 Å². The Morgan fingerprint density at radius 2 is 1.55 bits per heavy atom. The maximum Gasteiger partial charge on any atom is 0.243 e. The molecule has 2 amide bonds. The molecule has 0 aliphatic heterocycles. The maximum absolute atomic E-state index is 12.9. The summed E-state index contributed by atoms with van der Waals surface area (Å²) in [5, 5.41) is 5.41. The molecule has 0 aromatic rings. The molecule has 0 aromatic carbocycles. The Morgan fingerprint density at radius 3 is 2.00 bits per heavy atom. The van der Waals surface area contributed by atoms with Gasteiger partial charge >= 0.3 is 0 Å². The van der Waals surface area contributed by atoms with Gasteiger partial charge in [-0.15, -0.1) is 0 Å². The van der Waals surface area contributed by atoms with Gasteiger partial charge < -0.3 is 21.1 Å². The summed E-state index contributed by atoms with van der Waals surface area (Å²) < 4.78 is 16.9. The molecule has 0 heterocycles. The van der Waals surface area contributed by atoms with E-state index in [0.717, 1.165) is 0 Å². The van der Waals surface area contributed by atoms with Crippen LogP contribution in [0, 0.1) is 11.8 Å². The van der Waals surface area contributed by atoms with Crippen molar-refractivity contribution in [3.05, 3.63) is 0 Å². The molecular formula is C20H39N3O5S. The minimum Gasteiger partial charge on any atom is -0.371 e. The van der Waals surface area contributed by atoms with Gasteiger partial charge in [0.05, 0.1) is 12.1 Å². The fraction of sp³-hybridized carbons (Fsp3) is 0.850. The van der Waals surface area contributed by atoms with Crippen molar-refractivity contribution < 1.29 is 23.3 Å². The van der Waals surface area contributed by atoms with E-state index in [1.54, 1.807) is 13.8 Å². The zero-order valence-corrected chi connectivity index (χ0v) is 19.6. The number of nitrogens with two attached hydrogens (primary N) is 1. The molecule has 0 saturated heterocycles. The van der Waals surface area contributed by atoms with Crippen molar-refractivity contribution in [1.82, 2.24) is 10.6 Å². The van der Waals surface area contributed by atoms with Crippen LogP contribution >= 0.6 is 0 Å². The van der Waals surface area contributed by atoms with Crippen LogP contribution in [0.15, 0.2) is 0 Å². The van der Waals surface area contributed by atoms with E-state index in [1.807, 2.05) is 27.7 Å².